The van der Waals surface area contributed by atoms with Gasteiger partial charge in [-0.3, -0.25) is 34.6 Å². The van der Waals surface area contributed by atoms with Gasteiger partial charge in [0.25, 0.3) is 11.8 Å². The molecule has 124 heavy (non-hydrogen) atoms. The molecular formula is C87H100Cl2N24O10S. The minimum absolute atomic E-state index is 0.0728. The Hall–Kier alpha value is -11.5. The van der Waals surface area contributed by atoms with E-state index in [1.54, 1.807) is 67.9 Å². The Balaban J connectivity index is 0.000000117. The van der Waals surface area contributed by atoms with E-state index < -0.39 is 0 Å². The molecule has 20 rings (SSSR count). The quantitative estimate of drug-likeness (QED) is 0.0442. The highest BCUT2D eigenvalue weighted by molar-refractivity contribution is 7.11. The van der Waals surface area contributed by atoms with Crippen molar-refractivity contribution in [2.75, 3.05) is 135 Å². The number of carbonyl (C=O) groups is 2. The van der Waals surface area contributed by atoms with Gasteiger partial charge in [-0.1, -0.05) is 23.2 Å². The molecule has 12 heterocycles. The summed E-state index contributed by atoms with van der Waals surface area (Å²) in [7, 11) is 0. The number of fused-ring (bicyclic) bond motifs is 4. The number of rotatable bonds is 20. The zero-order valence-corrected chi connectivity index (χ0v) is 71.1. The summed E-state index contributed by atoms with van der Waals surface area (Å²) in [6.07, 6.45) is 33.4. The Kier molecular flexibility index (Phi) is 28.6. The lowest BCUT2D eigenvalue weighted by molar-refractivity contribution is 0.0882. The van der Waals surface area contributed by atoms with Gasteiger partial charge in [0, 0.05) is 191 Å². The van der Waals surface area contributed by atoms with E-state index in [9.17, 15) is 9.59 Å². The number of nitrogens with zero attached hydrogens (tertiary/aromatic N) is 19. The number of morpholine rings is 4. The highest BCUT2D eigenvalue weighted by Crippen LogP contribution is 2.39. The first-order valence-corrected chi connectivity index (χ1v) is 44.5. The Morgan fingerprint density at radius 2 is 0.726 bits per heavy atom. The predicted octanol–water partition coefficient (Wildman–Crippen LogP) is 12.2. The van der Waals surface area contributed by atoms with Crippen molar-refractivity contribution in [1.29, 1.82) is 0 Å². The molecule has 4 aliphatic heterocycles. The summed E-state index contributed by atoms with van der Waals surface area (Å²) >= 11 is 13.1. The number of carbonyl (C=O) groups excluding carboxylic acids is 2. The van der Waals surface area contributed by atoms with Crippen molar-refractivity contribution in [3.63, 3.8) is 0 Å². The van der Waals surface area contributed by atoms with E-state index >= 15 is 0 Å². The summed E-state index contributed by atoms with van der Waals surface area (Å²) in [5, 5.41) is 30.5. The van der Waals surface area contributed by atoms with E-state index in [2.05, 4.69) is 170 Å². The first-order chi connectivity index (χ1) is 61.0. The van der Waals surface area contributed by atoms with Crippen molar-refractivity contribution in [2.45, 2.75) is 151 Å². The molecule has 5 N–H and O–H groups in total. The monoisotopic (exact) mass is 1740 g/mol. The molecule has 0 spiro atoms. The molecule has 2 amide bonds. The standard InChI is InChI=1S/2C22H25ClN6O2.C22H25N5O3S.C21H25N7O3/c23-20-13-21(27-14-26-20)28-15-1-3-17(4-2-15)31-19-12-16(29-7-9-30-10-8-29)11-18-22(19)25-6-5-24-18;23-20-5-6-21(28-27-20)26-15-1-3-17(4-2-15)31-19-14-16(29-9-11-30-12-10-29)13-18-22(19)25-8-7-24-18;28-21(22-25-7-12-31-22)26-15-1-3-17(4-2-15)30-19-14-16(27-8-10-29-11-9-27)13-18-20(19)24-6-5-23-18;29-21(20-24-13-25-27-20)26-14-1-3-16(4-2-14)31-18-12-15(28-7-9-30-10-8-28)11-17-19(18)23-6-5-22-17/h5-6,11-15,17H,1-4,7-10H2,(H,26,27,28);5-8,13-15,17H,1-4,9-12H2,(H,26,28);5-7,12-15,17H,1-4,8-11H2,(H,26,28);5-6,11-14,16H,1-4,7-10H2,(H,26,29)(H,24,25,27). The number of aromatic nitrogens is 16. The van der Waals surface area contributed by atoms with Gasteiger partial charge in [-0.05, 0) is 139 Å². The van der Waals surface area contributed by atoms with Crippen LogP contribution in [0, 0.1) is 0 Å². The van der Waals surface area contributed by atoms with E-state index in [1.807, 2.05) is 11.4 Å². The summed E-state index contributed by atoms with van der Waals surface area (Å²) < 4.78 is 47.8. The Morgan fingerprint density at radius 3 is 1.06 bits per heavy atom. The number of ether oxygens (including phenoxy) is 8. The first kappa shape index (κ1) is 84.7. The molecule has 12 aromatic rings. The van der Waals surface area contributed by atoms with Crippen LogP contribution >= 0.6 is 34.5 Å². The number of H-pyrrole nitrogens is 1. The Morgan fingerprint density at radius 1 is 0.363 bits per heavy atom. The molecule has 648 valence electrons. The summed E-state index contributed by atoms with van der Waals surface area (Å²) in [5.74, 6) is 4.63. The number of amides is 2. The van der Waals surface area contributed by atoms with Crippen LogP contribution < -0.4 is 59.8 Å². The molecule has 0 atom stereocenters. The number of thiazole rings is 1. The van der Waals surface area contributed by atoms with Gasteiger partial charge < -0.3 is 78.8 Å². The molecule has 4 aliphatic carbocycles. The molecule has 8 aliphatic rings. The van der Waals surface area contributed by atoms with Gasteiger partial charge >= 0.3 is 0 Å². The zero-order chi connectivity index (χ0) is 84.2. The van der Waals surface area contributed by atoms with Crippen molar-refractivity contribution >= 4 is 125 Å². The minimum Gasteiger partial charge on any atom is -0.488 e. The van der Waals surface area contributed by atoms with Crippen LogP contribution in [0.4, 0.5) is 34.4 Å². The van der Waals surface area contributed by atoms with Gasteiger partial charge in [0.05, 0.1) is 99.3 Å². The fraction of sp³-hybridized carbons (Fsp3) is 0.460. The molecule has 0 radical (unpaired) electrons. The molecule has 4 saturated heterocycles. The van der Waals surface area contributed by atoms with E-state index in [0.29, 0.717) is 27.4 Å². The number of benzene rings is 4. The maximum absolute atomic E-state index is 12.3. The van der Waals surface area contributed by atoms with E-state index in [1.165, 1.54) is 24.0 Å². The normalized spacial score (nSPS) is 21.8. The number of anilines is 6. The molecule has 4 aromatic carbocycles. The lowest BCUT2D eigenvalue weighted by Gasteiger charge is -2.31. The van der Waals surface area contributed by atoms with E-state index in [0.717, 1.165) is 309 Å². The van der Waals surface area contributed by atoms with Gasteiger partial charge in [-0.2, -0.15) is 5.10 Å². The fourth-order valence-corrected chi connectivity index (χ4v) is 17.7. The lowest BCUT2D eigenvalue weighted by atomic mass is 9.93. The summed E-state index contributed by atoms with van der Waals surface area (Å²) in [6.45, 7) is 12.7. The van der Waals surface area contributed by atoms with Gasteiger partial charge in [0.1, 0.15) is 74.5 Å². The van der Waals surface area contributed by atoms with Crippen LogP contribution in [0.3, 0.4) is 0 Å². The number of halogens is 2. The SMILES string of the molecule is Clc1cc(NC2CCC(Oc3cc(N4CCOCC4)cc4nccnc34)CC2)ncn1.Clc1ccc(NC2CCC(Oc3cc(N4CCOCC4)cc4nccnc34)CC2)nn1.O=C(NC1CCC(Oc2cc(N3CCOCC3)cc3nccnc23)CC1)c1nccs1.O=C(NC1CCC(Oc2cc(N3CCOCC3)cc3nccnc23)CC1)c1ncn[nH]1. The number of hydrogen-bond acceptors (Lipinski definition) is 32. The van der Waals surface area contributed by atoms with E-state index in [-0.39, 0.29) is 54.1 Å². The first-order valence-electron chi connectivity index (χ1n) is 42.8. The Labute approximate surface area is 730 Å². The summed E-state index contributed by atoms with van der Waals surface area (Å²) in [6, 6.07) is 23.0. The third-order valence-electron chi connectivity index (χ3n) is 23.4. The smallest absolute Gasteiger partial charge is 0.288 e. The van der Waals surface area contributed by atoms with Crippen molar-refractivity contribution in [3.8, 4) is 23.0 Å². The molecule has 37 heteroatoms. The van der Waals surface area contributed by atoms with Crippen molar-refractivity contribution < 1.29 is 47.5 Å². The van der Waals surface area contributed by atoms with Gasteiger partial charge in [-0.25, -0.2) is 39.9 Å². The molecule has 4 saturated carbocycles. The van der Waals surface area contributed by atoms with Crippen LogP contribution in [-0.2, 0) is 18.9 Å². The molecule has 0 bridgehead atoms. The second kappa shape index (κ2) is 41.8. The second-order valence-corrected chi connectivity index (χ2v) is 33.3. The molecule has 8 fully saturated rings. The van der Waals surface area contributed by atoms with E-state index in [4.69, 9.17) is 61.1 Å². The summed E-state index contributed by atoms with van der Waals surface area (Å²) in [5.41, 5.74) is 11.0. The minimum atomic E-state index is -0.221. The molecule has 8 aromatic heterocycles. The lowest BCUT2D eigenvalue weighted by Crippen LogP contribution is -2.40. The molecule has 34 nitrogen and oxygen atoms in total. The fourth-order valence-electron chi connectivity index (χ4n) is 16.9. The van der Waals surface area contributed by atoms with Gasteiger partial charge in [-0.15, -0.1) is 21.5 Å². The van der Waals surface area contributed by atoms with Crippen LogP contribution in [0.5, 0.6) is 23.0 Å². The third kappa shape index (κ3) is 22.5. The number of hydrogen-bond donors (Lipinski definition) is 5. The maximum atomic E-state index is 12.3. The third-order valence-corrected chi connectivity index (χ3v) is 24.5. The predicted molar refractivity (Wildman–Crippen MR) is 472 cm³/mol. The van der Waals surface area contributed by atoms with Crippen LogP contribution in [0.2, 0.25) is 10.3 Å². The van der Waals surface area contributed by atoms with Crippen molar-refractivity contribution in [3.05, 3.63) is 162 Å². The average molecular weight is 1740 g/mol. The van der Waals surface area contributed by atoms with Gasteiger partial charge in [0.2, 0.25) is 5.82 Å². The number of aromatic amines is 1. The number of nitrogens with one attached hydrogen (secondary N) is 5. The topological polar surface area (TPSA) is 378 Å². The van der Waals surface area contributed by atoms with Crippen LogP contribution in [-0.4, -0.2) is 246 Å². The van der Waals surface area contributed by atoms with Crippen LogP contribution in [0.1, 0.15) is 123 Å². The Bertz CT molecular complexity index is 5290. The van der Waals surface area contributed by atoms with Crippen molar-refractivity contribution in [2.24, 2.45) is 0 Å². The molecule has 0 unspecified atom stereocenters. The maximum Gasteiger partial charge on any atom is 0.288 e. The highest BCUT2D eigenvalue weighted by atomic mass is 35.5. The average Bonchev–Trinajstić information content (AvgIpc) is 0.843. The summed E-state index contributed by atoms with van der Waals surface area (Å²) in [4.78, 5) is 86.0. The van der Waals surface area contributed by atoms with Gasteiger partial charge in [0.15, 0.2) is 10.2 Å². The zero-order valence-electron chi connectivity index (χ0n) is 68.8. The van der Waals surface area contributed by atoms with Crippen molar-refractivity contribution in [1.82, 2.24) is 90.8 Å². The molecular weight excluding hydrogens is 1640 g/mol. The largest absolute Gasteiger partial charge is 0.488 e. The second-order valence-electron chi connectivity index (χ2n) is 31.6. The van der Waals surface area contributed by atoms with Crippen LogP contribution in [0.15, 0.2) is 141 Å². The van der Waals surface area contributed by atoms with Crippen LogP contribution in [0.25, 0.3) is 44.1 Å². The highest BCUT2D eigenvalue weighted by Gasteiger charge is 2.32.